The van der Waals surface area contributed by atoms with Crippen LogP contribution < -0.4 is 11.3 Å². The maximum absolute atomic E-state index is 11.4. The minimum Gasteiger partial charge on any atom is -0.340 e. The quantitative estimate of drug-likeness (QED) is 0.395. The number of halogens is 2. The van der Waals surface area contributed by atoms with Crippen molar-refractivity contribution in [2.75, 3.05) is 0 Å². The molecule has 0 bridgehead atoms. The number of nitrogens with zero attached hydrogens (tertiary/aromatic N) is 1. The van der Waals surface area contributed by atoms with Crippen LogP contribution in [0, 0.1) is 0 Å². The number of fused-ring (bicyclic) bond motifs is 3. The van der Waals surface area contributed by atoms with Crippen LogP contribution in [0.3, 0.4) is 0 Å². The van der Waals surface area contributed by atoms with Gasteiger partial charge in [-0.3, -0.25) is 10.2 Å². The number of allylic oxidation sites excluding steroid dienone is 1. The van der Waals surface area contributed by atoms with Gasteiger partial charge < -0.3 is 4.57 Å². The van der Waals surface area contributed by atoms with E-state index in [1.807, 2.05) is 30.4 Å². The van der Waals surface area contributed by atoms with Crippen LogP contribution in [0.25, 0.3) is 17.0 Å². The fraction of sp³-hybridized carbons (Fsp3) is 0.267. The molecule has 1 aromatic heterocycles. The second kappa shape index (κ2) is 5.72. The largest absolute Gasteiger partial charge is 0.340 e. The van der Waals surface area contributed by atoms with Crippen LogP contribution in [0.1, 0.15) is 17.7 Å². The molecule has 0 aliphatic heterocycles. The fourth-order valence-corrected chi connectivity index (χ4v) is 3.21. The fourth-order valence-electron chi connectivity index (χ4n) is 2.81. The van der Waals surface area contributed by atoms with E-state index >= 15 is 0 Å². The highest BCUT2D eigenvalue weighted by Gasteiger charge is 2.21. The molecule has 110 valence electrons. The summed E-state index contributed by atoms with van der Waals surface area (Å²) in [6.07, 6.45) is 5.09. The van der Waals surface area contributed by atoms with Gasteiger partial charge in [0.25, 0.3) is 0 Å². The van der Waals surface area contributed by atoms with Crippen molar-refractivity contribution in [1.82, 2.24) is 9.99 Å². The van der Waals surface area contributed by atoms with Crippen LogP contribution in [0.5, 0.6) is 0 Å². The summed E-state index contributed by atoms with van der Waals surface area (Å²) in [6, 6.07) is 5.79. The summed E-state index contributed by atoms with van der Waals surface area (Å²) in [5.41, 5.74) is 5.49. The Balaban J connectivity index is 2.11. The number of aryl methyl sites for hydroxylation is 1. The van der Waals surface area contributed by atoms with Crippen molar-refractivity contribution in [3.8, 4) is 0 Å². The van der Waals surface area contributed by atoms with Gasteiger partial charge in [0.15, 0.2) is 0 Å². The average Bonchev–Trinajstić information content (AvgIpc) is 2.77. The van der Waals surface area contributed by atoms with E-state index in [0.717, 1.165) is 23.0 Å². The first-order valence-corrected chi connectivity index (χ1v) is 7.54. The molecule has 4 nitrogen and oxygen atoms in total. The molecular weight excluding hydrogens is 309 g/mol. The summed E-state index contributed by atoms with van der Waals surface area (Å²) in [5.74, 6) is 4.96. The summed E-state index contributed by atoms with van der Waals surface area (Å²) >= 11 is 12.3. The number of hydrazine groups is 1. The molecule has 0 fully saturated rings. The Morgan fingerprint density at radius 2 is 2.29 bits per heavy atom. The summed E-state index contributed by atoms with van der Waals surface area (Å²) < 4.78 is 2.12. The molecule has 1 atom stereocenters. The van der Waals surface area contributed by atoms with Crippen LogP contribution in [0.2, 0.25) is 5.02 Å². The van der Waals surface area contributed by atoms with E-state index in [4.69, 9.17) is 29.0 Å². The molecule has 21 heavy (non-hydrogen) atoms. The number of nitrogens with two attached hydrogens (primary N) is 1. The Morgan fingerprint density at radius 1 is 1.48 bits per heavy atom. The topological polar surface area (TPSA) is 60.0 Å². The Hall–Kier alpha value is -1.49. The van der Waals surface area contributed by atoms with Gasteiger partial charge in [-0.15, -0.1) is 11.6 Å². The highest BCUT2D eigenvalue weighted by Crippen LogP contribution is 2.34. The van der Waals surface area contributed by atoms with Crippen molar-refractivity contribution in [3.05, 3.63) is 40.6 Å². The van der Waals surface area contributed by atoms with Crippen LogP contribution in [0.4, 0.5) is 0 Å². The van der Waals surface area contributed by atoms with E-state index in [2.05, 4.69) is 9.99 Å². The van der Waals surface area contributed by atoms with Gasteiger partial charge in [-0.25, -0.2) is 5.84 Å². The van der Waals surface area contributed by atoms with Gasteiger partial charge in [-0.05, 0) is 36.3 Å². The number of benzene rings is 1. The van der Waals surface area contributed by atoms with Crippen molar-refractivity contribution < 1.29 is 4.79 Å². The van der Waals surface area contributed by atoms with Gasteiger partial charge in [-0.1, -0.05) is 17.7 Å². The van der Waals surface area contributed by atoms with E-state index in [1.165, 1.54) is 5.56 Å². The van der Waals surface area contributed by atoms with E-state index in [9.17, 15) is 4.79 Å². The number of rotatable bonds is 3. The highest BCUT2D eigenvalue weighted by molar-refractivity contribution is 6.31. The van der Waals surface area contributed by atoms with Crippen LogP contribution in [-0.2, 0) is 17.8 Å². The SMILES string of the molecule is NNC(=O)CCn1c2c(c3cc(Cl)ccc31)CC(Cl)C=C2. The zero-order valence-electron chi connectivity index (χ0n) is 11.3. The van der Waals surface area contributed by atoms with Crippen molar-refractivity contribution >= 4 is 46.1 Å². The first kappa shape index (κ1) is 14.4. The average molecular weight is 324 g/mol. The summed E-state index contributed by atoms with van der Waals surface area (Å²) in [7, 11) is 0. The van der Waals surface area contributed by atoms with Gasteiger partial charge >= 0.3 is 0 Å². The van der Waals surface area contributed by atoms with Crippen LogP contribution in [-0.4, -0.2) is 15.9 Å². The lowest BCUT2D eigenvalue weighted by molar-refractivity contribution is -0.121. The number of hydrogen-bond donors (Lipinski definition) is 2. The first-order chi connectivity index (χ1) is 10.1. The van der Waals surface area contributed by atoms with Gasteiger partial charge in [0.05, 0.1) is 5.38 Å². The molecule has 1 aromatic carbocycles. The molecule has 0 radical (unpaired) electrons. The van der Waals surface area contributed by atoms with Crippen molar-refractivity contribution in [2.24, 2.45) is 5.84 Å². The molecule has 6 heteroatoms. The zero-order chi connectivity index (χ0) is 15.0. The van der Waals surface area contributed by atoms with E-state index in [1.54, 1.807) is 0 Å². The predicted octanol–water partition coefficient (Wildman–Crippen LogP) is 2.85. The third-order valence-electron chi connectivity index (χ3n) is 3.76. The Bertz CT molecular complexity index is 736. The first-order valence-electron chi connectivity index (χ1n) is 6.72. The molecule has 1 heterocycles. The van der Waals surface area contributed by atoms with Crippen LogP contribution >= 0.6 is 23.2 Å². The Morgan fingerprint density at radius 3 is 3.05 bits per heavy atom. The lowest BCUT2D eigenvalue weighted by Gasteiger charge is -2.14. The molecule has 1 aliphatic carbocycles. The molecule has 1 aliphatic rings. The minimum absolute atomic E-state index is 0.0112. The smallest absolute Gasteiger partial charge is 0.235 e. The second-order valence-electron chi connectivity index (χ2n) is 5.07. The summed E-state index contributed by atoms with van der Waals surface area (Å²) in [6.45, 7) is 0.563. The minimum atomic E-state index is -0.186. The van der Waals surface area contributed by atoms with Crippen molar-refractivity contribution in [3.63, 3.8) is 0 Å². The molecule has 3 rings (SSSR count). The standard InChI is InChI=1S/C15H15Cl2N3O/c16-9-1-3-13-11(7-9)12-8-10(17)2-4-14(12)20(13)6-5-15(21)19-18/h1-4,7,10H,5-6,8,18H2,(H,19,21). The molecule has 2 aromatic rings. The Labute approximate surface area is 132 Å². The third kappa shape index (κ3) is 2.67. The number of amides is 1. The summed E-state index contributed by atoms with van der Waals surface area (Å²) in [5, 5.41) is 1.78. The van der Waals surface area contributed by atoms with E-state index in [0.29, 0.717) is 18.0 Å². The number of carbonyl (C=O) groups is 1. The number of alkyl halides is 1. The molecule has 3 N–H and O–H groups in total. The predicted molar refractivity (Wildman–Crippen MR) is 86.3 cm³/mol. The number of aromatic nitrogens is 1. The number of carbonyl (C=O) groups excluding carboxylic acids is 1. The van der Waals surface area contributed by atoms with Crippen LogP contribution in [0.15, 0.2) is 24.3 Å². The second-order valence-corrected chi connectivity index (χ2v) is 6.07. The normalized spacial score (nSPS) is 17.0. The number of nitrogens with one attached hydrogen (secondary N) is 1. The van der Waals surface area contributed by atoms with Gasteiger partial charge in [0, 0.05) is 34.6 Å². The van der Waals surface area contributed by atoms with Crippen molar-refractivity contribution in [2.45, 2.75) is 24.8 Å². The maximum atomic E-state index is 11.4. The molecule has 0 saturated heterocycles. The highest BCUT2D eigenvalue weighted by atomic mass is 35.5. The zero-order valence-corrected chi connectivity index (χ0v) is 12.8. The molecular formula is C15H15Cl2N3O. The molecule has 0 saturated carbocycles. The Kier molecular flexibility index (Phi) is 3.93. The molecule has 1 unspecified atom stereocenters. The third-order valence-corrected chi connectivity index (χ3v) is 4.29. The summed E-state index contributed by atoms with van der Waals surface area (Å²) in [4.78, 5) is 11.4. The van der Waals surface area contributed by atoms with Crippen molar-refractivity contribution in [1.29, 1.82) is 0 Å². The number of hydrogen-bond acceptors (Lipinski definition) is 2. The van der Waals surface area contributed by atoms with E-state index < -0.39 is 0 Å². The monoisotopic (exact) mass is 323 g/mol. The lowest BCUT2D eigenvalue weighted by Crippen LogP contribution is -2.30. The molecule has 1 amide bonds. The van der Waals surface area contributed by atoms with Gasteiger partial charge in [0.1, 0.15) is 0 Å². The molecule has 0 spiro atoms. The van der Waals surface area contributed by atoms with E-state index in [-0.39, 0.29) is 11.3 Å². The maximum Gasteiger partial charge on any atom is 0.235 e. The van der Waals surface area contributed by atoms with Gasteiger partial charge in [0.2, 0.25) is 5.91 Å². The van der Waals surface area contributed by atoms with Gasteiger partial charge in [-0.2, -0.15) is 0 Å². The lowest BCUT2D eigenvalue weighted by atomic mass is 10.0.